The van der Waals surface area contributed by atoms with E-state index in [-0.39, 0.29) is 17.9 Å². The minimum atomic E-state index is -1.07. The zero-order chi connectivity index (χ0) is 21.6. The van der Waals surface area contributed by atoms with Gasteiger partial charge in [0.2, 0.25) is 5.91 Å². The number of para-hydroxylation sites is 1. The van der Waals surface area contributed by atoms with Gasteiger partial charge in [0.1, 0.15) is 16.9 Å². The lowest BCUT2D eigenvalue weighted by atomic mass is 9.92. The number of thiophene rings is 1. The normalized spacial score (nSPS) is 21.4. The van der Waals surface area contributed by atoms with Crippen molar-refractivity contribution in [2.45, 2.75) is 57.7 Å². The van der Waals surface area contributed by atoms with Gasteiger partial charge >= 0.3 is 0 Å². The Bertz CT molecular complexity index is 1130. The molecule has 1 fully saturated rings. The Morgan fingerprint density at radius 2 is 1.97 bits per heavy atom. The van der Waals surface area contributed by atoms with Gasteiger partial charge in [-0.2, -0.15) is 5.10 Å². The van der Waals surface area contributed by atoms with E-state index in [1.165, 1.54) is 0 Å². The third-order valence-corrected chi connectivity index (χ3v) is 7.36. The summed E-state index contributed by atoms with van der Waals surface area (Å²) in [7, 11) is 0. The molecule has 0 spiro atoms. The van der Waals surface area contributed by atoms with Crippen molar-refractivity contribution in [1.29, 1.82) is 0 Å². The van der Waals surface area contributed by atoms with Gasteiger partial charge in [0.15, 0.2) is 0 Å². The summed E-state index contributed by atoms with van der Waals surface area (Å²) >= 11 is 1.59. The zero-order valence-electron chi connectivity index (χ0n) is 17.8. The molecule has 2 aromatic heterocycles. The van der Waals surface area contributed by atoms with Crippen LogP contribution in [0.25, 0.3) is 10.6 Å². The Morgan fingerprint density at radius 1 is 1.19 bits per heavy atom. The van der Waals surface area contributed by atoms with Crippen LogP contribution in [0.5, 0.6) is 0 Å². The van der Waals surface area contributed by atoms with Gasteiger partial charge in [-0.25, -0.2) is 0 Å². The van der Waals surface area contributed by atoms with Gasteiger partial charge in [-0.05, 0) is 55.8 Å². The maximum Gasteiger partial charge on any atom is 0.277 e. The van der Waals surface area contributed by atoms with E-state index in [4.69, 9.17) is 5.10 Å². The van der Waals surface area contributed by atoms with Crippen molar-refractivity contribution in [1.82, 2.24) is 15.1 Å². The first-order chi connectivity index (χ1) is 15.0. The van der Waals surface area contributed by atoms with Crippen LogP contribution in [0.2, 0.25) is 0 Å². The van der Waals surface area contributed by atoms with Crippen LogP contribution < -0.4 is 10.2 Å². The van der Waals surface area contributed by atoms with Gasteiger partial charge < -0.3 is 5.32 Å². The fourth-order valence-corrected chi connectivity index (χ4v) is 5.41. The van der Waals surface area contributed by atoms with E-state index in [1.54, 1.807) is 20.9 Å². The van der Waals surface area contributed by atoms with Gasteiger partial charge in [-0.1, -0.05) is 37.1 Å². The molecule has 0 saturated heterocycles. The van der Waals surface area contributed by atoms with Gasteiger partial charge in [0, 0.05) is 11.7 Å². The molecule has 6 nitrogen and oxygen atoms in total. The number of nitrogens with zero attached hydrogens (tertiary/aromatic N) is 3. The Labute approximate surface area is 185 Å². The second-order valence-electron chi connectivity index (χ2n) is 8.71. The van der Waals surface area contributed by atoms with Gasteiger partial charge in [0.05, 0.1) is 11.4 Å². The number of hydrogen-bond acceptors (Lipinski definition) is 4. The fourth-order valence-electron chi connectivity index (χ4n) is 4.73. The Morgan fingerprint density at radius 3 is 2.68 bits per heavy atom. The number of hydrogen-bond donors (Lipinski definition) is 1. The highest BCUT2D eigenvalue weighted by Crippen LogP contribution is 2.36. The molecule has 0 radical (unpaired) electrons. The number of fused-ring (bicyclic) bond motifs is 1. The van der Waals surface area contributed by atoms with Gasteiger partial charge in [0.25, 0.3) is 5.91 Å². The van der Waals surface area contributed by atoms with E-state index in [9.17, 15) is 9.59 Å². The highest BCUT2D eigenvalue weighted by molar-refractivity contribution is 7.13. The molecule has 1 atom stereocenters. The Balaban J connectivity index is 1.60. The second-order valence-corrected chi connectivity index (χ2v) is 9.65. The summed E-state index contributed by atoms with van der Waals surface area (Å²) in [4.78, 5) is 30.1. The second kappa shape index (κ2) is 7.64. The molecule has 3 aromatic rings. The SMILES string of the molecule is Cc1ccccc1N1C(=O)c2cc(-c3cccs3)nn2C[C@@]1(C)C(=O)NC1CCCC1. The molecular weight excluding hydrogens is 408 g/mol. The lowest BCUT2D eigenvalue weighted by molar-refractivity contribution is -0.127. The van der Waals surface area contributed by atoms with Crippen LogP contribution >= 0.6 is 11.3 Å². The zero-order valence-corrected chi connectivity index (χ0v) is 18.6. The summed E-state index contributed by atoms with van der Waals surface area (Å²) in [5.41, 5.74) is 1.93. The van der Waals surface area contributed by atoms with Crippen molar-refractivity contribution in [2.24, 2.45) is 0 Å². The molecule has 0 unspecified atom stereocenters. The van der Waals surface area contributed by atoms with Crippen molar-refractivity contribution in [3.63, 3.8) is 0 Å². The summed E-state index contributed by atoms with van der Waals surface area (Å²) in [6.07, 6.45) is 4.26. The van der Waals surface area contributed by atoms with Crippen LogP contribution in [0, 0.1) is 6.92 Å². The average molecular weight is 435 g/mol. The van der Waals surface area contributed by atoms with Crippen molar-refractivity contribution in [3.8, 4) is 10.6 Å². The van der Waals surface area contributed by atoms with Gasteiger partial charge in [-0.3, -0.25) is 19.2 Å². The predicted molar refractivity (Wildman–Crippen MR) is 122 cm³/mol. The number of aryl methyl sites for hydroxylation is 1. The quantitative estimate of drug-likeness (QED) is 0.662. The van der Waals surface area contributed by atoms with Crippen LogP contribution in [0.15, 0.2) is 47.8 Å². The molecule has 7 heteroatoms. The molecule has 1 N–H and O–H groups in total. The summed E-state index contributed by atoms with van der Waals surface area (Å²) < 4.78 is 1.71. The lowest BCUT2D eigenvalue weighted by Crippen LogP contribution is -2.65. The van der Waals surface area contributed by atoms with E-state index in [2.05, 4.69) is 5.32 Å². The monoisotopic (exact) mass is 434 g/mol. The van der Waals surface area contributed by atoms with Crippen LogP contribution in [0.4, 0.5) is 5.69 Å². The number of rotatable bonds is 4. The summed E-state index contributed by atoms with van der Waals surface area (Å²) in [5, 5.41) is 9.92. The van der Waals surface area contributed by atoms with Crippen molar-refractivity contribution >= 4 is 28.8 Å². The van der Waals surface area contributed by atoms with E-state index in [1.807, 2.05) is 61.7 Å². The van der Waals surface area contributed by atoms with Crippen LogP contribution in [-0.4, -0.2) is 33.2 Å². The highest BCUT2D eigenvalue weighted by atomic mass is 32.1. The molecule has 3 heterocycles. The smallest absolute Gasteiger partial charge is 0.277 e. The number of nitrogens with one attached hydrogen (secondary N) is 1. The van der Waals surface area contributed by atoms with Crippen LogP contribution in [-0.2, 0) is 11.3 Å². The predicted octanol–water partition coefficient (Wildman–Crippen LogP) is 4.40. The van der Waals surface area contributed by atoms with Gasteiger partial charge in [-0.15, -0.1) is 11.3 Å². The van der Waals surface area contributed by atoms with E-state index in [0.29, 0.717) is 12.2 Å². The fraction of sp³-hybridized carbons (Fsp3) is 0.375. The van der Waals surface area contributed by atoms with Crippen LogP contribution in [0.1, 0.15) is 48.7 Å². The average Bonchev–Trinajstić information content (AvgIpc) is 3.50. The molecule has 0 bridgehead atoms. The van der Waals surface area contributed by atoms with Crippen LogP contribution in [0.3, 0.4) is 0 Å². The Kier molecular flexibility index (Phi) is 4.93. The minimum Gasteiger partial charge on any atom is -0.351 e. The minimum absolute atomic E-state index is 0.116. The summed E-state index contributed by atoms with van der Waals surface area (Å²) in [5.74, 6) is -0.310. The number of carbonyl (C=O) groups is 2. The molecular formula is C24H26N4O2S. The molecule has 1 aliphatic carbocycles. The first kappa shape index (κ1) is 20.0. The molecule has 5 rings (SSSR count). The van der Waals surface area contributed by atoms with E-state index >= 15 is 0 Å². The van der Waals surface area contributed by atoms with Crippen molar-refractivity contribution in [3.05, 3.63) is 59.1 Å². The molecule has 2 amide bonds. The largest absolute Gasteiger partial charge is 0.351 e. The first-order valence-electron chi connectivity index (χ1n) is 10.8. The third kappa shape index (κ3) is 3.37. The summed E-state index contributed by atoms with van der Waals surface area (Å²) in [6, 6.07) is 13.7. The third-order valence-electron chi connectivity index (χ3n) is 6.46. The molecule has 1 aliphatic heterocycles. The Hall–Kier alpha value is -2.93. The number of carbonyl (C=O) groups excluding carboxylic acids is 2. The molecule has 31 heavy (non-hydrogen) atoms. The number of aromatic nitrogens is 2. The maximum absolute atomic E-state index is 13.8. The standard InChI is InChI=1S/C24H26N4O2S/c1-16-8-3-6-11-19(16)28-22(29)20-14-18(21-12-7-13-31-21)26-27(20)15-24(28,2)23(30)25-17-9-4-5-10-17/h3,6-8,11-14,17H,4-5,9-10,15H2,1-2H3,(H,25,30)/t24-/m0/s1. The number of anilines is 1. The number of amides is 2. The lowest BCUT2D eigenvalue weighted by Gasteiger charge is -2.44. The molecule has 2 aliphatic rings. The topological polar surface area (TPSA) is 67.2 Å². The maximum atomic E-state index is 13.8. The summed E-state index contributed by atoms with van der Waals surface area (Å²) in [6.45, 7) is 4.14. The molecule has 1 saturated carbocycles. The number of benzene rings is 1. The highest BCUT2D eigenvalue weighted by Gasteiger charge is 2.49. The molecule has 1 aromatic carbocycles. The molecule has 160 valence electrons. The van der Waals surface area contributed by atoms with E-state index in [0.717, 1.165) is 47.5 Å². The van der Waals surface area contributed by atoms with E-state index < -0.39 is 5.54 Å². The van der Waals surface area contributed by atoms with Crippen molar-refractivity contribution < 1.29 is 9.59 Å². The van der Waals surface area contributed by atoms with Crippen molar-refractivity contribution in [2.75, 3.05) is 4.90 Å². The first-order valence-corrected chi connectivity index (χ1v) is 11.7.